The Morgan fingerprint density at radius 1 is 1.12 bits per heavy atom. The minimum Gasteiger partial charge on any atom is -0.273 e. The molecule has 3 aromatic rings. The van der Waals surface area contributed by atoms with Gasteiger partial charge in [0.05, 0.1) is 17.5 Å². The second kappa shape index (κ2) is 6.45. The van der Waals surface area contributed by atoms with Crippen LogP contribution in [0.1, 0.15) is 17.1 Å². The lowest BCUT2D eigenvalue weighted by Gasteiger charge is -2.09. The molecular formula is C16H16N6O2. The topological polar surface area (TPSA) is 113 Å². The Bertz CT molecular complexity index is 946. The zero-order chi connectivity index (χ0) is 17.1. The number of fused-ring (bicyclic) bond motifs is 1. The van der Waals surface area contributed by atoms with Crippen molar-refractivity contribution in [3.8, 4) is 0 Å². The number of hydrogen-bond donors (Lipinski definition) is 3. The van der Waals surface area contributed by atoms with Crippen LogP contribution in [0.15, 0.2) is 35.1 Å². The number of aromatic nitrogens is 4. The third kappa shape index (κ3) is 3.37. The van der Waals surface area contributed by atoms with Crippen molar-refractivity contribution >= 4 is 22.6 Å². The Hall–Kier alpha value is -3.29. The molecular weight excluding hydrogens is 308 g/mol. The van der Waals surface area contributed by atoms with E-state index in [0.717, 1.165) is 11.4 Å². The van der Waals surface area contributed by atoms with Gasteiger partial charge < -0.3 is 0 Å². The normalized spacial score (nSPS) is 10.6. The summed E-state index contributed by atoms with van der Waals surface area (Å²) in [6.45, 7) is 3.69. The van der Waals surface area contributed by atoms with Crippen molar-refractivity contribution < 1.29 is 4.79 Å². The molecule has 8 nitrogen and oxygen atoms in total. The molecule has 0 atom stereocenters. The average molecular weight is 324 g/mol. The van der Waals surface area contributed by atoms with Crippen LogP contribution in [0.2, 0.25) is 0 Å². The van der Waals surface area contributed by atoms with Crippen LogP contribution in [0.3, 0.4) is 0 Å². The molecule has 3 rings (SSSR count). The van der Waals surface area contributed by atoms with Crippen LogP contribution in [0.25, 0.3) is 10.8 Å². The zero-order valence-corrected chi connectivity index (χ0v) is 13.3. The van der Waals surface area contributed by atoms with Crippen molar-refractivity contribution in [2.24, 2.45) is 0 Å². The fraction of sp³-hybridized carbons (Fsp3) is 0.188. The number of nitrogens with one attached hydrogen (secondary N) is 3. The van der Waals surface area contributed by atoms with Crippen molar-refractivity contribution in [1.29, 1.82) is 0 Å². The molecule has 24 heavy (non-hydrogen) atoms. The number of hydrazine groups is 1. The van der Waals surface area contributed by atoms with Crippen LogP contribution >= 0.6 is 0 Å². The molecule has 122 valence electrons. The van der Waals surface area contributed by atoms with Gasteiger partial charge >= 0.3 is 0 Å². The standard InChI is InChI=1S/C16H16N6O2/c1-9-7-10(2)18-16(17-9)22-20-14(23)8-13-11-5-3-4-6-12(11)15(24)21-19-13/h3-7H,8H2,1-2H3,(H,20,23)(H,21,24)(H,17,18,22). The molecule has 0 saturated carbocycles. The number of nitrogens with zero attached hydrogens (tertiary/aromatic N) is 3. The average Bonchev–Trinajstić information content (AvgIpc) is 2.55. The predicted molar refractivity (Wildman–Crippen MR) is 89.3 cm³/mol. The number of H-pyrrole nitrogens is 1. The van der Waals surface area contributed by atoms with E-state index in [4.69, 9.17) is 0 Å². The van der Waals surface area contributed by atoms with E-state index >= 15 is 0 Å². The predicted octanol–water partition coefficient (Wildman–Crippen LogP) is 1.02. The van der Waals surface area contributed by atoms with Gasteiger partial charge in [0.25, 0.3) is 5.56 Å². The quantitative estimate of drug-likeness (QED) is 0.618. The van der Waals surface area contributed by atoms with Gasteiger partial charge in [-0.1, -0.05) is 18.2 Å². The molecule has 0 unspecified atom stereocenters. The summed E-state index contributed by atoms with van der Waals surface area (Å²) in [6, 6.07) is 8.86. The first-order chi connectivity index (χ1) is 11.5. The highest BCUT2D eigenvalue weighted by Crippen LogP contribution is 2.12. The van der Waals surface area contributed by atoms with E-state index in [2.05, 4.69) is 31.0 Å². The highest BCUT2D eigenvalue weighted by Gasteiger charge is 2.11. The lowest BCUT2D eigenvalue weighted by Crippen LogP contribution is -2.32. The van der Waals surface area contributed by atoms with Gasteiger partial charge in [-0.05, 0) is 26.0 Å². The molecule has 0 aliphatic heterocycles. The number of rotatable bonds is 4. The fourth-order valence-corrected chi connectivity index (χ4v) is 2.41. The number of amides is 1. The number of aryl methyl sites for hydroxylation is 2. The maximum atomic E-state index is 12.1. The van der Waals surface area contributed by atoms with Crippen molar-refractivity contribution in [2.75, 3.05) is 5.43 Å². The first kappa shape index (κ1) is 15.6. The van der Waals surface area contributed by atoms with Gasteiger partial charge in [-0.2, -0.15) is 5.10 Å². The Labute approximate surface area is 137 Å². The largest absolute Gasteiger partial charge is 0.273 e. The summed E-state index contributed by atoms with van der Waals surface area (Å²) in [6.07, 6.45) is 0.00902. The highest BCUT2D eigenvalue weighted by molar-refractivity contribution is 5.88. The summed E-state index contributed by atoms with van der Waals surface area (Å²) < 4.78 is 0. The number of aromatic amines is 1. The molecule has 1 aromatic carbocycles. The molecule has 0 saturated heterocycles. The van der Waals surface area contributed by atoms with E-state index in [1.165, 1.54) is 0 Å². The lowest BCUT2D eigenvalue weighted by atomic mass is 10.1. The molecule has 0 aliphatic rings. The Morgan fingerprint density at radius 3 is 2.50 bits per heavy atom. The molecule has 0 bridgehead atoms. The van der Waals surface area contributed by atoms with Gasteiger partial charge in [0.15, 0.2) is 0 Å². The van der Waals surface area contributed by atoms with Gasteiger partial charge in [-0.3, -0.25) is 20.4 Å². The number of carbonyl (C=O) groups is 1. The summed E-state index contributed by atoms with van der Waals surface area (Å²) in [5.41, 5.74) is 7.03. The van der Waals surface area contributed by atoms with Crippen molar-refractivity contribution in [1.82, 2.24) is 25.6 Å². The lowest BCUT2D eigenvalue weighted by molar-refractivity contribution is -0.120. The van der Waals surface area contributed by atoms with E-state index in [1.807, 2.05) is 19.9 Å². The van der Waals surface area contributed by atoms with E-state index in [1.54, 1.807) is 24.3 Å². The molecule has 0 spiro atoms. The molecule has 8 heteroatoms. The minimum absolute atomic E-state index is 0.00902. The molecule has 0 aliphatic carbocycles. The second-order valence-electron chi connectivity index (χ2n) is 5.37. The van der Waals surface area contributed by atoms with Crippen molar-refractivity contribution in [3.63, 3.8) is 0 Å². The number of hydrogen-bond acceptors (Lipinski definition) is 6. The van der Waals surface area contributed by atoms with Gasteiger partial charge in [0.1, 0.15) is 0 Å². The fourth-order valence-electron chi connectivity index (χ4n) is 2.41. The van der Waals surface area contributed by atoms with Crippen LogP contribution in [0, 0.1) is 13.8 Å². The third-order valence-corrected chi connectivity index (χ3v) is 3.40. The Morgan fingerprint density at radius 2 is 1.79 bits per heavy atom. The number of carbonyl (C=O) groups excluding carboxylic acids is 1. The Kier molecular flexibility index (Phi) is 4.19. The first-order valence-corrected chi connectivity index (χ1v) is 7.36. The van der Waals surface area contributed by atoms with Crippen LogP contribution in [0.4, 0.5) is 5.95 Å². The number of anilines is 1. The molecule has 2 heterocycles. The summed E-state index contributed by atoms with van der Waals surface area (Å²) in [5, 5.41) is 7.53. The van der Waals surface area contributed by atoms with Crippen molar-refractivity contribution in [2.45, 2.75) is 20.3 Å². The van der Waals surface area contributed by atoms with Crippen LogP contribution in [-0.2, 0) is 11.2 Å². The SMILES string of the molecule is Cc1cc(C)nc(NNC(=O)Cc2n[nH]c(=O)c3ccccc23)n1. The monoisotopic (exact) mass is 324 g/mol. The Balaban J connectivity index is 1.74. The third-order valence-electron chi connectivity index (χ3n) is 3.40. The summed E-state index contributed by atoms with van der Waals surface area (Å²) >= 11 is 0. The second-order valence-corrected chi connectivity index (χ2v) is 5.37. The van der Waals surface area contributed by atoms with Gasteiger partial charge in [-0.25, -0.2) is 15.1 Å². The summed E-state index contributed by atoms with van der Waals surface area (Å²) in [7, 11) is 0. The molecule has 0 fully saturated rings. The minimum atomic E-state index is -0.317. The maximum Gasteiger partial charge on any atom is 0.272 e. The summed E-state index contributed by atoms with van der Waals surface area (Å²) in [5.74, 6) is 0.00240. The van der Waals surface area contributed by atoms with Crippen LogP contribution in [0.5, 0.6) is 0 Å². The molecule has 1 amide bonds. The molecule has 3 N–H and O–H groups in total. The number of benzene rings is 1. The van der Waals surface area contributed by atoms with E-state index in [-0.39, 0.29) is 17.9 Å². The summed E-state index contributed by atoms with van der Waals surface area (Å²) in [4.78, 5) is 32.2. The highest BCUT2D eigenvalue weighted by atomic mass is 16.2. The molecule has 2 aromatic heterocycles. The van der Waals surface area contributed by atoms with Crippen LogP contribution < -0.4 is 16.4 Å². The first-order valence-electron chi connectivity index (χ1n) is 7.36. The van der Waals surface area contributed by atoms with E-state index < -0.39 is 0 Å². The van der Waals surface area contributed by atoms with E-state index in [0.29, 0.717) is 22.4 Å². The van der Waals surface area contributed by atoms with Gasteiger partial charge in [0, 0.05) is 16.8 Å². The maximum absolute atomic E-state index is 12.1. The molecule has 0 radical (unpaired) electrons. The smallest absolute Gasteiger partial charge is 0.272 e. The zero-order valence-electron chi connectivity index (χ0n) is 13.3. The van der Waals surface area contributed by atoms with Gasteiger partial charge in [0.2, 0.25) is 11.9 Å². The van der Waals surface area contributed by atoms with Crippen molar-refractivity contribution in [3.05, 3.63) is 57.8 Å². The van der Waals surface area contributed by atoms with Crippen LogP contribution in [-0.4, -0.2) is 26.1 Å². The van der Waals surface area contributed by atoms with Gasteiger partial charge in [-0.15, -0.1) is 0 Å². The van der Waals surface area contributed by atoms with E-state index in [9.17, 15) is 9.59 Å².